The summed E-state index contributed by atoms with van der Waals surface area (Å²) < 4.78 is 37.0. The van der Waals surface area contributed by atoms with Gasteiger partial charge in [-0.15, -0.1) is 0 Å². The van der Waals surface area contributed by atoms with Crippen molar-refractivity contribution in [2.45, 2.75) is 50.8 Å². The van der Waals surface area contributed by atoms with Gasteiger partial charge in [0.25, 0.3) is 0 Å². The van der Waals surface area contributed by atoms with E-state index in [1.54, 1.807) is 12.1 Å². The van der Waals surface area contributed by atoms with Crippen LogP contribution in [-0.2, 0) is 34.9 Å². The fourth-order valence-electron chi connectivity index (χ4n) is 2.20. The molecule has 0 aliphatic carbocycles. The minimum absolute atomic E-state index is 0.0631. The van der Waals surface area contributed by atoms with Crippen molar-refractivity contribution < 1.29 is 22.6 Å². The van der Waals surface area contributed by atoms with E-state index in [1.165, 1.54) is 14.2 Å². The molecule has 0 fully saturated rings. The van der Waals surface area contributed by atoms with Crippen LogP contribution < -0.4 is 4.72 Å². The fourth-order valence-corrected chi connectivity index (χ4v) is 4.21. The molecule has 6 nitrogen and oxygen atoms in total. The summed E-state index contributed by atoms with van der Waals surface area (Å²) in [4.78, 5) is 12.3. The first-order chi connectivity index (χ1) is 11.9. The molecule has 0 aromatic heterocycles. The van der Waals surface area contributed by atoms with Gasteiger partial charge in [0.2, 0.25) is 5.52 Å². The zero-order chi connectivity index (χ0) is 20.2. The van der Waals surface area contributed by atoms with Crippen LogP contribution in [0.1, 0.15) is 46.1 Å². The van der Waals surface area contributed by atoms with Gasteiger partial charge in [-0.25, -0.2) is 8.93 Å². The molecule has 0 saturated heterocycles. The first-order valence-electron chi connectivity index (χ1n) is 8.08. The maximum Gasteiger partial charge on any atom is 0.396 e. The number of carbonyl (C=O) groups is 1. The van der Waals surface area contributed by atoms with Gasteiger partial charge >= 0.3 is 7.60 Å². The van der Waals surface area contributed by atoms with E-state index < -0.39 is 34.4 Å². The van der Waals surface area contributed by atoms with Gasteiger partial charge in [-0.3, -0.25) is 9.36 Å². The van der Waals surface area contributed by atoms with Crippen molar-refractivity contribution in [1.29, 1.82) is 0 Å². The van der Waals surface area contributed by atoms with Gasteiger partial charge in [-0.05, 0) is 51.8 Å². The molecule has 0 heterocycles. The summed E-state index contributed by atoms with van der Waals surface area (Å²) in [6, 6.07) is 7.08. The van der Waals surface area contributed by atoms with Crippen molar-refractivity contribution in [3.8, 4) is 0 Å². The Morgan fingerprint density at radius 1 is 1.15 bits per heavy atom. The van der Waals surface area contributed by atoms with E-state index in [1.807, 2.05) is 39.8 Å². The summed E-state index contributed by atoms with van der Waals surface area (Å²) >= 11 is 5.96. The maximum atomic E-state index is 12.7. The fraction of sp³-hybridized carbons (Fsp3) is 0.588. The molecule has 0 aliphatic heterocycles. The van der Waals surface area contributed by atoms with E-state index in [0.29, 0.717) is 5.02 Å². The Morgan fingerprint density at radius 2 is 1.65 bits per heavy atom. The highest BCUT2D eigenvalue weighted by molar-refractivity contribution is 7.84. The quantitative estimate of drug-likeness (QED) is 0.595. The molecule has 0 radical (unpaired) electrons. The van der Waals surface area contributed by atoms with Crippen LogP contribution >= 0.6 is 19.2 Å². The lowest BCUT2D eigenvalue weighted by Crippen LogP contribution is -2.46. The lowest BCUT2D eigenvalue weighted by Gasteiger charge is -2.34. The predicted molar refractivity (Wildman–Crippen MR) is 106 cm³/mol. The lowest BCUT2D eigenvalue weighted by atomic mass is 9.89. The molecule has 9 heteroatoms. The van der Waals surface area contributed by atoms with Crippen LogP contribution in [0.25, 0.3) is 0 Å². The second-order valence-corrected chi connectivity index (χ2v) is 11.7. The average molecular weight is 424 g/mol. The van der Waals surface area contributed by atoms with Crippen molar-refractivity contribution in [2.75, 3.05) is 14.2 Å². The summed E-state index contributed by atoms with van der Waals surface area (Å²) in [7, 11) is -2.82. The van der Waals surface area contributed by atoms with E-state index in [9.17, 15) is 13.6 Å². The number of carbonyl (C=O) groups excluding carboxylic acids is 1. The number of benzene rings is 1. The Kier molecular flexibility index (Phi) is 8.21. The zero-order valence-electron chi connectivity index (χ0n) is 16.0. The standard InChI is InChI=1S/C17H27ClNO5PS/c1-16(2,3)26(22)19-17(4,13-7-9-14(18)10-8-13)12-11-15(20)25(21,23-5)24-6/h7-10,19H,11-12H2,1-6H3/t17-,26?/m0/s1. The molecular weight excluding hydrogens is 397 g/mol. The van der Waals surface area contributed by atoms with Crippen LogP contribution in [0.2, 0.25) is 5.02 Å². The van der Waals surface area contributed by atoms with E-state index in [-0.39, 0.29) is 12.8 Å². The van der Waals surface area contributed by atoms with Gasteiger partial charge in [0.05, 0.1) is 21.3 Å². The minimum atomic E-state index is -3.79. The average Bonchev–Trinajstić information content (AvgIpc) is 2.58. The van der Waals surface area contributed by atoms with Crippen LogP contribution in [0.3, 0.4) is 0 Å². The summed E-state index contributed by atoms with van der Waals surface area (Å²) in [5.41, 5.74) is -0.604. The van der Waals surface area contributed by atoms with Crippen LogP contribution in [-0.4, -0.2) is 28.7 Å². The zero-order valence-corrected chi connectivity index (χ0v) is 18.5. The molecule has 2 atom stereocenters. The normalized spacial score (nSPS) is 16.1. The summed E-state index contributed by atoms with van der Waals surface area (Å²) in [6.45, 7) is 7.41. The molecule has 0 amide bonds. The molecule has 1 aromatic rings. The minimum Gasteiger partial charge on any atom is -0.307 e. The molecule has 1 unspecified atom stereocenters. The molecular formula is C17H27ClNO5PS. The van der Waals surface area contributed by atoms with E-state index in [4.69, 9.17) is 20.6 Å². The highest BCUT2D eigenvalue weighted by atomic mass is 35.5. The molecule has 1 N–H and O–H groups in total. The summed E-state index contributed by atoms with van der Waals surface area (Å²) in [6.07, 6.45) is 0.193. The summed E-state index contributed by atoms with van der Waals surface area (Å²) in [5, 5.41) is 0.576. The van der Waals surface area contributed by atoms with Gasteiger partial charge in [0.1, 0.15) is 0 Å². The Morgan fingerprint density at radius 3 is 2.08 bits per heavy atom. The molecule has 26 heavy (non-hydrogen) atoms. The SMILES string of the molecule is COP(=O)(OC)C(=O)CC[C@](C)(NS(=O)C(C)(C)C)c1ccc(Cl)cc1. The lowest BCUT2D eigenvalue weighted by molar-refractivity contribution is -0.114. The van der Waals surface area contributed by atoms with Crippen molar-refractivity contribution in [1.82, 2.24) is 4.72 Å². The molecule has 0 bridgehead atoms. The predicted octanol–water partition coefficient (Wildman–Crippen LogP) is 4.40. The highest BCUT2D eigenvalue weighted by Crippen LogP contribution is 2.49. The van der Waals surface area contributed by atoms with Gasteiger partial charge in [-0.1, -0.05) is 23.7 Å². The van der Waals surface area contributed by atoms with E-state index in [2.05, 4.69) is 4.72 Å². The second kappa shape index (κ2) is 9.09. The smallest absolute Gasteiger partial charge is 0.307 e. The number of rotatable bonds is 9. The highest BCUT2D eigenvalue weighted by Gasteiger charge is 2.37. The first-order valence-corrected chi connectivity index (χ1v) is 11.2. The van der Waals surface area contributed by atoms with Crippen molar-refractivity contribution in [3.05, 3.63) is 34.9 Å². The topological polar surface area (TPSA) is 81.7 Å². The number of hydrogen-bond donors (Lipinski definition) is 1. The molecule has 1 rings (SSSR count). The Hall–Kier alpha value is -0.560. The first kappa shape index (κ1) is 23.5. The van der Waals surface area contributed by atoms with Crippen LogP contribution in [0, 0.1) is 0 Å². The number of nitrogens with one attached hydrogen (secondary N) is 1. The molecule has 0 aliphatic rings. The van der Waals surface area contributed by atoms with E-state index >= 15 is 0 Å². The largest absolute Gasteiger partial charge is 0.396 e. The third-order valence-electron chi connectivity index (χ3n) is 3.98. The van der Waals surface area contributed by atoms with E-state index in [0.717, 1.165) is 5.56 Å². The molecule has 1 aromatic carbocycles. The third-order valence-corrected chi connectivity index (χ3v) is 7.78. The number of hydrogen-bond acceptors (Lipinski definition) is 5. The van der Waals surface area contributed by atoms with Gasteiger partial charge in [0.15, 0.2) is 0 Å². The van der Waals surface area contributed by atoms with Crippen LogP contribution in [0.4, 0.5) is 0 Å². The van der Waals surface area contributed by atoms with Gasteiger partial charge < -0.3 is 9.05 Å². The van der Waals surface area contributed by atoms with Crippen LogP contribution in [0.15, 0.2) is 24.3 Å². The molecule has 0 spiro atoms. The monoisotopic (exact) mass is 423 g/mol. The van der Waals surface area contributed by atoms with Crippen molar-refractivity contribution in [3.63, 3.8) is 0 Å². The van der Waals surface area contributed by atoms with Gasteiger partial charge in [0, 0.05) is 25.7 Å². The Labute approximate surface area is 163 Å². The van der Waals surface area contributed by atoms with Crippen LogP contribution in [0.5, 0.6) is 0 Å². The molecule has 0 saturated carbocycles. The third kappa shape index (κ3) is 5.98. The number of halogens is 1. The Balaban J connectivity index is 3.12. The van der Waals surface area contributed by atoms with Crippen molar-refractivity contribution >= 4 is 35.7 Å². The Bertz CT molecular complexity index is 696. The molecule has 148 valence electrons. The van der Waals surface area contributed by atoms with Crippen molar-refractivity contribution in [2.24, 2.45) is 0 Å². The maximum absolute atomic E-state index is 12.7. The second-order valence-electron chi connectivity index (χ2n) is 7.08. The summed E-state index contributed by atoms with van der Waals surface area (Å²) in [5.74, 6) is 0. The van der Waals surface area contributed by atoms with Gasteiger partial charge in [-0.2, -0.15) is 0 Å².